The van der Waals surface area contributed by atoms with Crippen molar-refractivity contribution in [2.45, 2.75) is 37.2 Å². The van der Waals surface area contributed by atoms with Crippen LogP contribution in [0.25, 0.3) is 0 Å². The minimum absolute atomic E-state index is 0.0695. The van der Waals surface area contributed by atoms with Gasteiger partial charge < -0.3 is 10.2 Å². The zero-order chi connectivity index (χ0) is 30.1. The first-order valence-electron chi connectivity index (χ1n) is 13.7. The number of hydrogen-bond donors (Lipinski definition) is 1. The smallest absolute Gasteiger partial charge is 0.264 e. The Labute approximate surface area is 252 Å². The Morgan fingerprint density at radius 3 is 2.02 bits per heavy atom. The Morgan fingerprint density at radius 1 is 0.810 bits per heavy atom. The Bertz CT molecular complexity index is 1600. The number of anilines is 1. The predicted molar refractivity (Wildman–Crippen MR) is 167 cm³/mol. The van der Waals surface area contributed by atoms with E-state index in [0.29, 0.717) is 17.1 Å². The van der Waals surface area contributed by atoms with Gasteiger partial charge in [-0.05, 0) is 53.4 Å². The summed E-state index contributed by atoms with van der Waals surface area (Å²) in [4.78, 5) is 29.2. The number of benzene rings is 4. The van der Waals surface area contributed by atoms with Crippen LogP contribution >= 0.6 is 11.6 Å². The highest BCUT2D eigenvalue weighted by molar-refractivity contribution is 7.92. The van der Waals surface area contributed by atoms with Crippen molar-refractivity contribution < 1.29 is 18.0 Å². The first kappa shape index (κ1) is 30.8. The van der Waals surface area contributed by atoms with Crippen LogP contribution in [-0.4, -0.2) is 44.8 Å². The average Bonchev–Trinajstić information content (AvgIpc) is 3.02. The molecule has 0 aromatic heterocycles. The lowest BCUT2D eigenvalue weighted by Crippen LogP contribution is -2.53. The quantitative estimate of drug-likeness (QED) is 0.232. The summed E-state index contributed by atoms with van der Waals surface area (Å²) in [6, 6.07) is 30.7. The van der Waals surface area contributed by atoms with E-state index in [0.717, 1.165) is 21.0 Å². The Balaban J connectivity index is 1.80. The largest absolute Gasteiger partial charge is 0.357 e. The van der Waals surface area contributed by atoms with Crippen LogP contribution in [0.4, 0.5) is 5.69 Å². The van der Waals surface area contributed by atoms with E-state index in [-0.39, 0.29) is 23.8 Å². The van der Waals surface area contributed by atoms with Crippen LogP contribution in [0.2, 0.25) is 5.02 Å². The molecule has 1 atom stereocenters. The molecule has 4 aromatic carbocycles. The molecule has 7 nitrogen and oxygen atoms in total. The molecule has 0 saturated carbocycles. The molecule has 4 rings (SSSR count). The standard InChI is InChI=1S/C33H34ClN3O4S/c1-3-27-14-10-11-17-30(27)37(42(40,41)29-15-8-5-9-16-29)24-32(38)36(23-26-18-20-28(34)21-19-26)31(33(39)35-2)22-25-12-6-4-7-13-25/h4-21,31H,3,22-24H2,1-2H3,(H,35,39). The lowest BCUT2D eigenvalue weighted by molar-refractivity contribution is -0.139. The van der Waals surface area contributed by atoms with Gasteiger partial charge in [-0.15, -0.1) is 0 Å². The fourth-order valence-electron chi connectivity index (χ4n) is 4.79. The van der Waals surface area contributed by atoms with Crippen LogP contribution in [0.5, 0.6) is 0 Å². The number of sulfonamides is 1. The summed E-state index contributed by atoms with van der Waals surface area (Å²) in [6.45, 7) is 1.52. The van der Waals surface area contributed by atoms with Gasteiger partial charge in [0.15, 0.2) is 0 Å². The third-order valence-corrected chi connectivity index (χ3v) is 9.06. The van der Waals surface area contributed by atoms with Crippen molar-refractivity contribution in [3.05, 3.63) is 131 Å². The summed E-state index contributed by atoms with van der Waals surface area (Å²) < 4.78 is 29.3. The lowest BCUT2D eigenvalue weighted by Gasteiger charge is -2.34. The summed E-state index contributed by atoms with van der Waals surface area (Å²) in [5, 5.41) is 3.23. The summed E-state index contributed by atoms with van der Waals surface area (Å²) in [5.74, 6) is -0.868. The SMILES string of the molecule is CCc1ccccc1N(CC(=O)N(Cc1ccc(Cl)cc1)C(Cc1ccccc1)C(=O)NC)S(=O)(=O)c1ccccc1. The first-order chi connectivity index (χ1) is 20.2. The highest BCUT2D eigenvalue weighted by atomic mass is 35.5. The molecule has 0 aliphatic heterocycles. The van der Waals surface area contributed by atoms with Crippen LogP contribution in [-0.2, 0) is 39.0 Å². The lowest BCUT2D eigenvalue weighted by atomic mass is 10.0. The number of carbonyl (C=O) groups is 2. The highest BCUT2D eigenvalue weighted by Crippen LogP contribution is 2.28. The predicted octanol–water partition coefficient (Wildman–Crippen LogP) is 5.48. The molecule has 2 amide bonds. The van der Waals surface area contributed by atoms with Gasteiger partial charge >= 0.3 is 0 Å². The van der Waals surface area contributed by atoms with Crippen molar-refractivity contribution in [3.63, 3.8) is 0 Å². The molecule has 42 heavy (non-hydrogen) atoms. The molecule has 0 bridgehead atoms. The van der Waals surface area contributed by atoms with Gasteiger partial charge in [-0.25, -0.2) is 8.42 Å². The molecule has 1 unspecified atom stereocenters. The van der Waals surface area contributed by atoms with Gasteiger partial charge in [-0.3, -0.25) is 13.9 Å². The topological polar surface area (TPSA) is 86.8 Å². The van der Waals surface area contributed by atoms with E-state index in [1.165, 1.54) is 24.1 Å². The summed E-state index contributed by atoms with van der Waals surface area (Å²) in [6.07, 6.45) is 0.811. The molecule has 0 spiro atoms. The van der Waals surface area contributed by atoms with Gasteiger partial charge in [0.05, 0.1) is 10.6 Å². The van der Waals surface area contributed by atoms with E-state index in [1.54, 1.807) is 54.6 Å². The number of rotatable bonds is 12. The number of likely N-dealkylation sites (N-methyl/N-ethyl adjacent to an activating group) is 1. The number of carbonyl (C=O) groups excluding carboxylic acids is 2. The minimum atomic E-state index is -4.14. The molecule has 218 valence electrons. The van der Waals surface area contributed by atoms with Crippen molar-refractivity contribution in [1.29, 1.82) is 0 Å². The van der Waals surface area contributed by atoms with Crippen molar-refractivity contribution in [1.82, 2.24) is 10.2 Å². The van der Waals surface area contributed by atoms with Gasteiger partial charge in [0, 0.05) is 25.0 Å². The van der Waals surface area contributed by atoms with E-state index < -0.39 is 28.5 Å². The molecular formula is C33H34ClN3O4S. The van der Waals surface area contributed by atoms with Crippen LogP contribution in [0.15, 0.2) is 114 Å². The second-order valence-electron chi connectivity index (χ2n) is 9.77. The van der Waals surface area contributed by atoms with Crippen LogP contribution < -0.4 is 9.62 Å². The highest BCUT2D eigenvalue weighted by Gasteiger charge is 2.34. The molecule has 1 N–H and O–H groups in total. The second kappa shape index (κ2) is 14.2. The fraction of sp³-hybridized carbons (Fsp3) is 0.212. The number of nitrogens with zero attached hydrogens (tertiary/aromatic N) is 2. The van der Waals surface area contributed by atoms with Crippen LogP contribution in [0, 0.1) is 0 Å². The Morgan fingerprint density at radius 2 is 1.40 bits per heavy atom. The monoisotopic (exact) mass is 603 g/mol. The third-order valence-electron chi connectivity index (χ3n) is 7.03. The number of para-hydroxylation sites is 1. The summed E-state index contributed by atoms with van der Waals surface area (Å²) >= 11 is 6.11. The number of aryl methyl sites for hydroxylation is 1. The minimum Gasteiger partial charge on any atom is -0.357 e. The maximum absolute atomic E-state index is 14.3. The normalized spacial score (nSPS) is 11.9. The summed E-state index contributed by atoms with van der Waals surface area (Å²) in [5.41, 5.74) is 2.82. The Hall–Kier alpha value is -4.14. The van der Waals surface area contributed by atoms with Crippen molar-refractivity contribution in [2.24, 2.45) is 0 Å². The van der Waals surface area contributed by atoms with E-state index >= 15 is 0 Å². The van der Waals surface area contributed by atoms with Gasteiger partial charge in [0.25, 0.3) is 10.0 Å². The van der Waals surface area contributed by atoms with Gasteiger partial charge in [0.1, 0.15) is 12.6 Å². The van der Waals surface area contributed by atoms with Crippen LogP contribution in [0.1, 0.15) is 23.6 Å². The third kappa shape index (κ3) is 7.38. The fourth-order valence-corrected chi connectivity index (χ4v) is 6.39. The van der Waals surface area contributed by atoms with E-state index in [4.69, 9.17) is 11.6 Å². The molecule has 0 fully saturated rings. The molecular weight excluding hydrogens is 570 g/mol. The number of hydrogen-bond acceptors (Lipinski definition) is 4. The molecule has 9 heteroatoms. The average molecular weight is 604 g/mol. The zero-order valence-electron chi connectivity index (χ0n) is 23.6. The molecule has 0 saturated heterocycles. The van der Waals surface area contributed by atoms with E-state index in [2.05, 4.69) is 5.32 Å². The van der Waals surface area contributed by atoms with Crippen molar-refractivity contribution in [3.8, 4) is 0 Å². The molecule has 4 aromatic rings. The molecule has 0 aliphatic rings. The van der Waals surface area contributed by atoms with Crippen molar-refractivity contribution in [2.75, 3.05) is 17.9 Å². The summed E-state index contributed by atoms with van der Waals surface area (Å²) in [7, 11) is -2.61. The zero-order valence-corrected chi connectivity index (χ0v) is 25.2. The number of amides is 2. The number of halogens is 1. The molecule has 0 radical (unpaired) electrons. The van der Waals surface area contributed by atoms with Crippen LogP contribution in [0.3, 0.4) is 0 Å². The number of nitrogens with one attached hydrogen (secondary N) is 1. The van der Waals surface area contributed by atoms with Gasteiger partial charge in [0.2, 0.25) is 11.8 Å². The second-order valence-corrected chi connectivity index (χ2v) is 12.1. The maximum Gasteiger partial charge on any atom is 0.264 e. The first-order valence-corrected chi connectivity index (χ1v) is 15.5. The maximum atomic E-state index is 14.3. The van der Waals surface area contributed by atoms with Gasteiger partial charge in [-0.2, -0.15) is 0 Å². The molecule has 0 heterocycles. The van der Waals surface area contributed by atoms with E-state index in [9.17, 15) is 18.0 Å². The van der Waals surface area contributed by atoms with Crippen molar-refractivity contribution >= 4 is 39.1 Å². The Kier molecular flexibility index (Phi) is 10.4. The van der Waals surface area contributed by atoms with Gasteiger partial charge in [-0.1, -0.05) is 97.4 Å². The molecule has 0 aliphatic carbocycles. The van der Waals surface area contributed by atoms with E-state index in [1.807, 2.05) is 49.4 Å².